The van der Waals surface area contributed by atoms with Crippen LogP contribution in [-0.4, -0.2) is 58.5 Å². The van der Waals surface area contributed by atoms with Crippen LogP contribution < -0.4 is 20.7 Å². The van der Waals surface area contributed by atoms with E-state index in [1.807, 2.05) is 0 Å². The molecule has 0 radical (unpaired) electrons. The second-order valence-corrected chi connectivity index (χ2v) is 8.94. The Kier molecular flexibility index (Phi) is 4.55. The second kappa shape index (κ2) is 7.46. The minimum absolute atomic E-state index is 0.185. The lowest BCUT2D eigenvalue weighted by Gasteiger charge is -2.31. The monoisotopic (exact) mass is 434 g/mol. The van der Waals surface area contributed by atoms with Gasteiger partial charge in [0.2, 0.25) is 0 Å². The van der Waals surface area contributed by atoms with Crippen LogP contribution in [-0.2, 0) is 11.2 Å². The number of hydrogen-bond acceptors (Lipinski definition) is 7. The van der Waals surface area contributed by atoms with Gasteiger partial charge in [-0.3, -0.25) is 4.79 Å². The predicted octanol–water partition coefficient (Wildman–Crippen LogP) is 2.00. The Morgan fingerprint density at radius 1 is 1.28 bits per heavy atom. The topological polar surface area (TPSA) is 107 Å². The van der Waals surface area contributed by atoms with Crippen LogP contribution in [0.5, 0.6) is 5.75 Å². The van der Waals surface area contributed by atoms with Crippen LogP contribution >= 0.6 is 0 Å². The van der Waals surface area contributed by atoms with Gasteiger partial charge < -0.3 is 25.4 Å². The molecule has 1 spiro atoms. The summed E-state index contributed by atoms with van der Waals surface area (Å²) in [6, 6.07) is 6.10. The van der Waals surface area contributed by atoms with Gasteiger partial charge in [0.05, 0.1) is 30.8 Å². The zero-order chi connectivity index (χ0) is 21.7. The van der Waals surface area contributed by atoms with Gasteiger partial charge in [0.15, 0.2) is 5.65 Å². The molecule has 9 heteroatoms. The highest BCUT2D eigenvalue weighted by molar-refractivity contribution is 6.09. The van der Waals surface area contributed by atoms with E-state index in [0.29, 0.717) is 24.4 Å². The first-order valence-corrected chi connectivity index (χ1v) is 11.1. The molecule has 2 atom stereocenters. The summed E-state index contributed by atoms with van der Waals surface area (Å²) in [5.41, 5.74) is 9.79. The largest absolute Gasteiger partial charge is 0.487 e. The molecule has 1 aromatic carbocycles. The summed E-state index contributed by atoms with van der Waals surface area (Å²) < 4.78 is 13.6. The maximum atomic E-state index is 13.2. The molecule has 166 valence electrons. The normalized spacial score (nSPS) is 24.7. The molecule has 1 saturated carbocycles. The maximum absolute atomic E-state index is 13.2. The molecule has 32 heavy (non-hydrogen) atoms. The molecule has 4 heterocycles. The molecule has 0 bridgehead atoms. The molecule has 2 aliphatic heterocycles. The number of anilines is 2. The van der Waals surface area contributed by atoms with Gasteiger partial charge in [-0.15, -0.1) is 0 Å². The summed E-state index contributed by atoms with van der Waals surface area (Å²) in [6.07, 6.45) is 8.62. The van der Waals surface area contributed by atoms with E-state index in [2.05, 4.69) is 32.4 Å². The summed E-state index contributed by atoms with van der Waals surface area (Å²) in [5, 5.41) is 7.37. The predicted molar refractivity (Wildman–Crippen MR) is 119 cm³/mol. The lowest BCUT2D eigenvalue weighted by atomic mass is 9.95. The molecule has 1 aliphatic carbocycles. The molecule has 1 saturated heterocycles. The van der Waals surface area contributed by atoms with Crippen molar-refractivity contribution in [1.29, 1.82) is 0 Å². The number of nitrogens with one attached hydrogen (secondary N) is 1. The number of carbonyl (C=O) groups excluding carboxylic acids is 1. The van der Waals surface area contributed by atoms with E-state index in [1.54, 1.807) is 29.2 Å². The molecule has 2 fully saturated rings. The number of fused-ring (bicyclic) bond motifs is 2. The number of morpholine rings is 1. The molecule has 2 aromatic heterocycles. The first kappa shape index (κ1) is 19.5. The molecule has 3 aromatic rings. The Morgan fingerprint density at radius 2 is 2.16 bits per heavy atom. The average Bonchev–Trinajstić information content (AvgIpc) is 3.49. The van der Waals surface area contributed by atoms with Crippen molar-refractivity contribution in [3.05, 3.63) is 47.9 Å². The highest BCUT2D eigenvalue weighted by atomic mass is 16.5. The lowest BCUT2D eigenvalue weighted by molar-refractivity contribution is 0.101. The van der Waals surface area contributed by atoms with E-state index in [0.717, 1.165) is 61.5 Å². The van der Waals surface area contributed by atoms with Crippen molar-refractivity contribution < 1.29 is 14.3 Å². The summed E-state index contributed by atoms with van der Waals surface area (Å²) in [5.74, 6) is 0.668. The van der Waals surface area contributed by atoms with Crippen molar-refractivity contribution in [2.75, 3.05) is 36.5 Å². The third-order valence-corrected chi connectivity index (χ3v) is 6.75. The minimum atomic E-state index is -0.232. The van der Waals surface area contributed by atoms with Gasteiger partial charge in [-0.05, 0) is 25.0 Å². The molecule has 6 rings (SSSR count). The fourth-order valence-electron chi connectivity index (χ4n) is 5.19. The number of amides is 1. The fourth-order valence-corrected chi connectivity index (χ4v) is 5.19. The molecule has 3 aliphatic rings. The molecule has 1 amide bonds. The van der Waals surface area contributed by atoms with Crippen LogP contribution in [0.25, 0.3) is 5.65 Å². The lowest BCUT2D eigenvalue weighted by Crippen LogP contribution is -2.36. The van der Waals surface area contributed by atoms with Crippen LogP contribution in [0, 0.1) is 0 Å². The average molecular weight is 435 g/mol. The highest BCUT2D eigenvalue weighted by Crippen LogP contribution is 2.47. The van der Waals surface area contributed by atoms with E-state index in [-0.39, 0.29) is 17.6 Å². The summed E-state index contributed by atoms with van der Waals surface area (Å²) in [7, 11) is 0. The van der Waals surface area contributed by atoms with Gasteiger partial charge in [-0.1, -0.05) is 0 Å². The zero-order valence-electron chi connectivity index (χ0n) is 17.8. The number of carbonyl (C=O) groups is 1. The van der Waals surface area contributed by atoms with E-state index in [1.165, 1.54) is 0 Å². The Balaban J connectivity index is 1.35. The van der Waals surface area contributed by atoms with Gasteiger partial charge in [-0.2, -0.15) is 5.10 Å². The zero-order valence-corrected chi connectivity index (χ0v) is 17.8. The third-order valence-electron chi connectivity index (χ3n) is 6.75. The first-order valence-electron chi connectivity index (χ1n) is 11.1. The smallest absolute Gasteiger partial charge is 0.261 e. The van der Waals surface area contributed by atoms with Gasteiger partial charge in [0, 0.05) is 56.0 Å². The van der Waals surface area contributed by atoms with Crippen LogP contribution in [0.4, 0.5) is 11.4 Å². The van der Waals surface area contributed by atoms with Crippen molar-refractivity contribution in [3.8, 4) is 5.75 Å². The van der Waals surface area contributed by atoms with E-state index in [4.69, 9.17) is 15.2 Å². The molecule has 1 unspecified atom stereocenters. The quantitative estimate of drug-likeness (QED) is 0.649. The maximum Gasteiger partial charge on any atom is 0.261 e. The Hall–Kier alpha value is -3.17. The highest BCUT2D eigenvalue weighted by Gasteiger charge is 2.45. The van der Waals surface area contributed by atoms with E-state index >= 15 is 0 Å². The number of benzene rings is 1. The number of rotatable bonds is 3. The summed E-state index contributed by atoms with van der Waals surface area (Å²) >= 11 is 0. The van der Waals surface area contributed by atoms with E-state index in [9.17, 15) is 4.79 Å². The van der Waals surface area contributed by atoms with Gasteiger partial charge in [0.1, 0.15) is 16.9 Å². The van der Waals surface area contributed by atoms with Gasteiger partial charge >= 0.3 is 0 Å². The van der Waals surface area contributed by atoms with E-state index < -0.39 is 0 Å². The van der Waals surface area contributed by atoms with Crippen LogP contribution in [0.15, 0.2) is 36.8 Å². The van der Waals surface area contributed by atoms with Crippen molar-refractivity contribution in [2.45, 2.75) is 37.3 Å². The number of ether oxygens (including phenoxy) is 2. The molecule has 9 nitrogen and oxygen atoms in total. The number of nitrogens with two attached hydrogens (primary N) is 1. The summed E-state index contributed by atoms with van der Waals surface area (Å²) in [4.78, 5) is 19.8. The third kappa shape index (κ3) is 3.28. The molecule has 3 N–H and O–H groups in total. The van der Waals surface area contributed by atoms with Crippen molar-refractivity contribution in [2.24, 2.45) is 5.73 Å². The first-order chi connectivity index (χ1) is 15.6. The van der Waals surface area contributed by atoms with Crippen LogP contribution in [0.3, 0.4) is 0 Å². The van der Waals surface area contributed by atoms with Crippen LogP contribution in [0.2, 0.25) is 0 Å². The van der Waals surface area contributed by atoms with Gasteiger partial charge in [-0.25, -0.2) is 9.50 Å². The number of hydrogen-bond donors (Lipinski definition) is 2. The fraction of sp³-hybridized carbons (Fsp3) is 0.435. The Bertz CT molecular complexity index is 1190. The Morgan fingerprint density at radius 3 is 2.97 bits per heavy atom. The van der Waals surface area contributed by atoms with Gasteiger partial charge in [0.25, 0.3) is 5.91 Å². The number of aromatic nitrogens is 3. The minimum Gasteiger partial charge on any atom is -0.487 e. The standard InChI is InChI=1S/C23H26N6O3/c24-16-2-3-23(13-16)12-15-10-18(19(11-20(15)32-23)28-6-8-31-9-7-28)27-22(30)17-14-26-29-5-1-4-25-21(17)29/h1,4-5,10-11,14,16H,2-3,6-9,12-13,24H2,(H,27,30)/t16?,23-/m0/s1. The van der Waals surface area contributed by atoms with Crippen molar-refractivity contribution in [3.63, 3.8) is 0 Å². The second-order valence-electron chi connectivity index (χ2n) is 8.94. The van der Waals surface area contributed by atoms with Crippen LogP contribution in [0.1, 0.15) is 35.2 Å². The molecular weight excluding hydrogens is 408 g/mol. The van der Waals surface area contributed by atoms with Crippen molar-refractivity contribution in [1.82, 2.24) is 14.6 Å². The van der Waals surface area contributed by atoms with Crippen molar-refractivity contribution >= 4 is 22.9 Å². The summed E-state index contributed by atoms with van der Waals surface area (Å²) in [6.45, 7) is 2.83. The Labute approximate surface area is 185 Å². The SMILES string of the molecule is NC1CC[C@]2(Cc3cc(NC(=O)c4cnn5cccnc45)c(N4CCOCC4)cc3O2)C1. The molecular formula is C23H26N6O3. The number of nitrogens with zero attached hydrogens (tertiary/aromatic N) is 4.